The number of carbonyl (C=O) groups excluding carboxylic acids is 2. The summed E-state index contributed by atoms with van der Waals surface area (Å²) in [5.41, 5.74) is -1.71. The predicted octanol–water partition coefficient (Wildman–Crippen LogP) is 2.56. The summed E-state index contributed by atoms with van der Waals surface area (Å²) >= 11 is 5.97. The maximum atomic E-state index is 12.2. The molecule has 19 heavy (non-hydrogen) atoms. The van der Waals surface area contributed by atoms with E-state index < -0.39 is 23.2 Å². The highest BCUT2D eigenvalue weighted by molar-refractivity contribution is 6.20. The maximum absolute atomic E-state index is 12.2. The fourth-order valence-corrected chi connectivity index (χ4v) is 2.60. The van der Waals surface area contributed by atoms with E-state index in [9.17, 15) is 9.59 Å². The molecule has 1 aliphatic rings. The summed E-state index contributed by atoms with van der Waals surface area (Å²) < 4.78 is 10.2. The van der Waals surface area contributed by atoms with Crippen LogP contribution in [0, 0.1) is 0 Å². The van der Waals surface area contributed by atoms with E-state index in [0.29, 0.717) is 13.0 Å². The van der Waals surface area contributed by atoms with E-state index in [2.05, 4.69) is 0 Å². The van der Waals surface area contributed by atoms with Crippen molar-refractivity contribution in [2.75, 3.05) is 19.5 Å². The second-order valence-corrected chi connectivity index (χ2v) is 6.01. The van der Waals surface area contributed by atoms with Crippen molar-refractivity contribution >= 4 is 23.7 Å². The highest BCUT2D eigenvalue weighted by Gasteiger charge is 2.49. The fraction of sp³-hybridized carbons (Fsp3) is 0.846. The van der Waals surface area contributed by atoms with Crippen LogP contribution in [0.5, 0.6) is 0 Å². The summed E-state index contributed by atoms with van der Waals surface area (Å²) in [5.74, 6) is -0.466. The Bertz CT molecular complexity index is 353. The first-order valence-electron chi connectivity index (χ1n) is 6.42. The van der Waals surface area contributed by atoms with Gasteiger partial charge in [-0.25, -0.2) is 9.59 Å². The summed E-state index contributed by atoms with van der Waals surface area (Å²) in [7, 11) is 1.30. The number of piperidine rings is 1. The van der Waals surface area contributed by atoms with Gasteiger partial charge in [0.25, 0.3) is 0 Å². The fourth-order valence-electron chi connectivity index (χ4n) is 2.22. The van der Waals surface area contributed by atoms with Crippen LogP contribution in [0.25, 0.3) is 0 Å². The lowest BCUT2D eigenvalue weighted by atomic mass is 9.88. The van der Waals surface area contributed by atoms with Crippen LogP contribution in [0.3, 0.4) is 0 Å². The van der Waals surface area contributed by atoms with Gasteiger partial charge >= 0.3 is 12.1 Å². The number of carbonyl (C=O) groups is 2. The molecule has 0 saturated carbocycles. The number of alkyl halides is 1. The van der Waals surface area contributed by atoms with Gasteiger partial charge in [-0.2, -0.15) is 0 Å². The van der Waals surface area contributed by atoms with Crippen LogP contribution in [0.2, 0.25) is 0 Å². The third-order valence-electron chi connectivity index (χ3n) is 3.14. The lowest BCUT2D eigenvalue weighted by Crippen LogP contribution is -2.61. The van der Waals surface area contributed by atoms with Crippen LogP contribution in [0.4, 0.5) is 4.79 Å². The number of halogens is 1. The summed E-state index contributed by atoms with van der Waals surface area (Å²) in [6, 6.07) is 0. The number of amides is 1. The van der Waals surface area contributed by atoms with E-state index in [-0.39, 0.29) is 5.88 Å². The molecular formula is C13H22ClNO4. The molecule has 0 aliphatic carbocycles. The van der Waals surface area contributed by atoms with Gasteiger partial charge in [0, 0.05) is 6.54 Å². The van der Waals surface area contributed by atoms with Crippen LogP contribution < -0.4 is 0 Å². The monoisotopic (exact) mass is 291 g/mol. The van der Waals surface area contributed by atoms with Gasteiger partial charge in [-0.15, -0.1) is 11.6 Å². The Balaban J connectivity index is 2.99. The minimum absolute atomic E-state index is 0.0128. The molecule has 0 bridgehead atoms. The maximum Gasteiger partial charge on any atom is 0.411 e. The van der Waals surface area contributed by atoms with E-state index in [1.807, 2.05) is 0 Å². The molecule has 1 heterocycles. The van der Waals surface area contributed by atoms with Crippen LogP contribution in [0.1, 0.15) is 40.0 Å². The Morgan fingerprint density at radius 2 is 1.95 bits per heavy atom. The minimum atomic E-state index is -1.10. The molecule has 0 spiro atoms. The van der Waals surface area contributed by atoms with Crippen LogP contribution in [0.15, 0.2) is 0 Å². The third kappa shape index (κ3) is 3.53. The topological polar surface area (TPSA) is 55.8 Å². The third-order valence-corrected chi connectivity index (χ3v) is 3.58. The lowest BCUT2D eigenvalue weighted by Gasteiger charge is -2.43. The summed E-state index contributed by atoms with van der Waals surface area (Å²) in [5, 5.41) is 0. The Labute approximate surface area is 119 Å². The van der Waals surface area contributed by atoms with Gasteiger partial charge in [-0.3, -0.25) is 4.90 Å². The number of hydrogen-bond donors (Lipinski definition) is 0. The zero-order chi connectivity index (χ0) is 14.7. The molecule has 6 heteroatoms. The van der Waals surface area contributed by atoms with Gasteiger partial charge < -0.3 is 9.47 Å². The Morgan fingerprint density at radius 1 is 1.32 bits per heavy atom. The summed E-state index contributed by atoms with van der Waals surface area (Å²) in [6.07, 6.45) is 1.65. The quantitative estimate of drug-likeness (QED) is 0.579. The van der Waals surface area contributed by atoms with Gasteiger partial charge in [0.1, 0.15) is 5.60 Å². The molecule has 1 fully saturated rings. The van der Waals surface area contributed by atoms with Crippen LogP contribution in [-0.4, -0.2) is 47.6 Å². The standard InChI is InChI=1S/C13H22ClNO4/c1-12(2,3)19-11(17)15-8-6-5-7-13(15,9-14)10(16)18-4/h5-9H2,1-4H3. The van der Waals surface area contributed by atoms with E-state index in [1.165, 1.54) is 12.0 Å². The molecule has 1 unspecified atom stereocenters. The molecule has 1 rings (SSSR count). The van der Waals surface area contributed by atoms with Crippen molar-refractivity contribution in [2.45, 2.75) is 51.2 Å². The molecule has 1 amide bonds. The van der Waals surface area contributed by atoms with Crippen molar-refractivity contribution in [1.82, 2.24) is 4.90 Å². The predicted molar refractivity (Wildman–Crippen MR) is 72.3 cm³/mol. The highest BCUT2D eigenvalue weighted by atomic mass is 35.5. The second kappa shape index (κ2) is 5.99. The van der Waals surface area contributed by atoms with Crippen LogP contribution in [-0.2, 0) is 14.3 Å². The smallest absolute Gasteiger partial charge is 0.411 e. The average molecular weight is 292 g/mol. The Morgan fingerprint density at radius 3 is 2.42 bits per heavy atom. The number of likely N-dealkylation sites (tertiary alicyclic amines) is 1. The van der Waals surface area contributed by atoms with E-state index in [4.69, 9.17) is 21.1 Å². The SMILES string of the molecule is COC(=O)C1(CCl)CCCCN1C(=O)OC(C)(C)C. The highest BCUT2D eigenvalue weighted by Crippen LogP contribution is 2.32. The molecular weight excluding hydrogens is 270 g/mol. The molecule has 1 atom stereocenters. The van der Waals surface area contributed by atoms with Gasteiger partial charge in [0.15, 0.2) is 5.54 Å². The zero-order valence-corrected chi connectivity index (χ0v) is 12.7. The van der Waals surface area contributed by atoms with Crippen molar-refractivity contribution in [1.29, 1.82) is 0 Å². The van der Waals surface area contributed by atoms with Crippen molar-refractivity contribution in [2.24, 2.45) is 0 Å². The van der Waals surface area contributed by atoms with Crippen LogP contribution >= 0.6 is 11.6 Å². The number of esters is 1. The summed E-state index contributed by atoms with van der Waals surface area (Å²) in [4.78, 5) is 25.7. The first-order valence-corrected chi connectivity index (χ1v) is 6.95. The van der Waals surface area contributed by atoms with Crippen molar-refractivity contribution in [3.8, 4) is 0 Å². The molecule has 0 aromatic carbocycles. The minimum Gasteiger partial charge on any atom is -0.467 e. The average Bonchev–Trinajstić information content (AvgIpc) is 2.35. The number of methoxy groups -OCH3 is 1. The molecule has 0 aromatic heterocycles. The first kappa shape index (κ1) is 16.1. The molecule has 0 aromatic rings. The number of nitrogens with zero attached hydrogens (tertiary/aromatic N) is 1. The van der Waals surface area contributed by atoms with Crippen molar-refractivity contribution in [3.05, 3.63) is 0 Å². The normalized spacial score (nSPS) is 23.9. The van der Waals surface area contributed by atoms with Gasteiger partial charge in [-0.1, -0.05) is 0 Å². The second-order valence-electron chi connectivity index (χ2n) is 5.75. The van der Waals surface area contributed by atoms with E-state index in [0.717, 1.165) is 12.8 Å². The Kier molecular flexibility index (Phi) is 5.07. The summed E-state index contributed by atoms with van der Waals surface area (Å²) in [6.45, 7) is 5.82. The molecule has 1 aliphatic heterocycles. The Hall–Kier alpha value is -0.970. The van der Waals surface area contributed by atoms with Crippen molar-refractivity contribution in [3.63, 3.8) is 0 Å². The molecule has 0 radical (unpaired) electrons. The lowest BCUT2D eigenvalue weighted by molar-refractivity contribution is -0.155. The van der Waals surface area contributed by atoms with Gasteiger partial charge in [-0.05, 0) is 40.0 Å². The number of rotatable bonds is 2. The first-order chi connectivity index (χ1) is 8.77. The number of hydrogen-bond acceptors (Lipinski definition) is 4. The molecule has 1 saturated heterocycles. The zero-order valence-electron chi connectivity index (χ0n) is 12.0. The molecule has 110 valence electrons. The van der Waals surface area contributed by atoms with Crippen molar-refractivity contribution < 1.29 is 19.1 Å². The van der Waals surface area contributed by atoms with Gasteiger partial charge in [0.2, 0.25) is 0 Å². The number of ether oxygens (including phenoxy) is 2. The largest absolute Gasteiger partial charge is 0.467 e. The van der Waals surface area contributed by atoms with Gasteiger partial charge in [0.05, 0.1) is 13.0 Å². The molecule has 5 nitrogen and oxygen atoms in total. The van der Waals surface area contributed by atoms with E-state index in [1.54, 1.807) is 20.8 Å². The van der Waals surface area contributed by atoms with E-state index >= 15 is 0 Å². The molecule has 0 N–H and O–H groups in total.